The van der Waals surface area contributed by atoms with Gasteiger partial charge in [-0.3, -0.25) is 29.4 Å². The van der Waals surface area contributed by atoms with Gasteiger partial charge in [0.1, 0.15) is 36.5 Å². The zero-order chi connectivity index (χ0) is 53.0. The number of aliphatic hydroxyl groups excluding tert-OH is 1. The number of hydrogen-bond acceptors (Lipinski definition) is 13. The number of imide groups is 1. The highest BCUT2D eigenvalue weighted by atomic mass is 16.6. The molecule has 390 valence electrons. The maximum absolute atomic E-state index is 16.8. The van der Waals surface area contributed by atoms with E-state index in [1.807, 2.05) is 77.7 Å². The average Bonchev–Trinajstić information content (AvgIpc) is 4.14. The molecule has 16 nitrogen and oxygen atoms in total. The Hall–Kier alpha value is -8.62. The highest BCUT2D eigenvalue weighted by Gasteiger charge is 2.76. The van der Waals surface area contributed by atoms with Crippen LogP contribution in [0.25, 0.3) is 0 Å². The van der Waals surface area contributed by atoms with Gasteiger partial charge in [0.15, 0.2) is 0 Å². The van der Waals surface area contributed by atoms with Gasteiger partial charge in [-0.05, 0) is 126 Å². The Morgan fingerprint density at radius 3 is 2.19 bits per heavy atom. The predicted molar refractivity (Wildman–Crippen MR) is 286 cm³/mol. The first-order valence-corrected chi connectivity index (χ1v) is 25.9. The van der Waals surface area contributed by atoms with Crippen LogP contribution in [0.1, 0.15) is 77.3 Å². The van der Waals surface area contributed by atoms with Crippen molar-refractivity contribution < 1.29 is 48.2 Å². The topological polar surface area (TPSA) is 190 Å². The number of cyclic esters (lactones) is 1. The first-order valence-electron chi connectivity index (χ1n) is 25.9. The van der Waals surface area contributed by atoms with Gasteiger partial charge in [0.25, 0.3) is 5.69 Å². The molecule has 0 saturated carbocycles. The summed E-state index contributed by atoms with van der Waals surface area (Å²) in [6.45, 7) is 1.95. The molecule has 0 unspecified atom stereocenters. The Labute approximate surface area is 444 Å². The van der Waals surface area contributed by atoms with Gasteiger partial charge in [-0.25, -0.2) is 9.69 Å². The molecular formula is C61H55N5O11. The summed E-state index contributed by atoms with van der Waals surface area (Å²) in [6, 6.07) is 40.3. The van der Waals surface area contributed by atoms with Crippen LogP contribution in [0.3, 0.4) is 0 Å². The molecule has 3 fully saturated rings. The summed E-state index contributed by atoms with van der Waals surface area (Å²) in [4.78, 5) is 79.6. The summed E-state index contributed by atoms with van der Waals surface area (Å²) < 4.78 is 24.0. The Balaban J connectivity index is 1.14. The van der Waals surface area contributed by atoms with E-state index >= 15 is 19.2 Å². The van der Waals surface area contributed by atoms with Crippen molar-refractivity contribution in [3.8, 4) is 17.6 Å². The number of benzene rings is 6. The summed E-state index contributed by atoms with van der Waals surface area (Å²) in [5, 5.41) is 24.3. The van der Waals surface area contributed by atoms with Crippen LogP contribution in [0.2, 0.25) is 0 Å². The first-order chi connectivity index (χ1) is 37.6. The number of fused-ring (bicyclic) bond motifs is 3. The van der Waals surface area contributed by atoms with Crippen molar-refractivity contribution in [3.63, 3.8) is 0 Å². The molecule has 6 atom stereocenters. The number of amides is 3. The monoisotopic (exact) mass is 1030 g/mol. The van der Waals surface area contributed by atoms with Crippen LogP contribution < -0.4 is 19.9 Å². The number of rotatable bonds is 12. The Morgan fingerprint density at radius 1 is 0.805 bits per heavy atom. The molecular weight excluding hydrogens is 979 g/mol. The van der Waals surface area contributed by atoms with Crippen molar-refractivity contribution in [1.29, 1.82) is 0 Å². The lowest BCUT2D eigenvalue weighted by atomic mass is 9.65. The number of carbonyl (C=O) groups is 4. The van der Waals surface area contributed by atoms with Crippen molar-refractivity contribution >= 4 is 46.6 Å². The molecule has 2 N–H and O–H groups in total. The molecule has 4 heterocycles. The molecule has 4 aliphatic heterocycles. The lowest BCUT2D eigenvalue weighted by molar-refractivity contribution is -0.384. The number of esters is 1. The number of carbonyl (C=O) groups excluding carboxylic acids is 4. The zero-order valence-electron chi connectivity index (χ0n) is 42.0. The molecule has 5 aliphatic rings. The van der Waals surface area contributed by atoms with Gasteiger partial charge in [0.05, 0.1) is 48.4 Å². The van der Waals surface area contributed by atoms with Gasteiger partial charge < -0.3 is 34.3 Å². The maximum Gasteiger partial charge on any atom is 0.421 e. The smallest absolute Gasteiger partial charge is 0.421 e. The van der Waals surface area contributed by atoms with E-state index in [0.29, 0.717) is 60.0 Å². The Bertz CT molecular complexity index is 3280. The van der Waals surface area contributed by atoms with Crippen molar-refractivity contribution in [1.82, 2.24) is 4.90 Å². The van der Waals surface area contributed by atoms with Gasteiger partial charge in [-0.1, -0.05) is 90.7 Å². The summed E-state index contributed by atoms with van der Waals surface area (Å²) in [5.41, 5.74) is 3.25. The number of anilines is 3. The fourth-order valence-corrected chi connectivity index (χ4v) is 11.7. The zero-order valence-corrected chi connectivity index (χ0v) is 42.0. The number of aliphatic hydroxyl groups is 1. The molecule has 6 aromatic rings. The summed E-state index contributed by atoms with van der Waals surface area (Å²) in [7, 11) is 0. The molecule has 1 aliphatic carbocycles. The number of non-ortho nitro benzene ring substituents is 1. The number of nitro benzene ring substituents is 1. The number of hydrogen-bond donors (Lipinski definition) is 2. The van der Waals surface area contributed by atoms with Gasteiger partial charge in [-0.2, -0.15) is 0 Å². The SMILES string of the molecule is O=C1O[C@H](c2ccccc2)[C@H](c2ccccc2)N2[C@H]1[C@@H](C(=O)Nc1ccc(N3CCOCC3)cc1)[C@]1(C(=O)N(C(=O)OCc3ccc([N+](=O)[O-])cc3)c3ccc(C#CC4=CCCCC4)cc31)[C@H]2c1ccc(OCCO)cc1. The largest absolute Gasteiger partial charge is 0.491 e. The molecule has 16 heteroatoms. The van der Waals surface area contributed by atoms with Gasteiger partial charge in [0, 0.05) is 42.2 Å². The van der Waals surface area contributed by atoms with Crippen LogP contribution in [-0.2, 0) is 40.6 Å². The molecule has 1 spiro atoms. The summed E-state index contributed by atoms with van der Waals surface area (Å²) in [6.07, 6.45) is 3.88. The lowest BCUT2D eigenvalue weighted by Gasteiger charge is -2.46. The molecule has 11 rings (SSSR count). The lowest BCUT2D eigenvalue weighted by Crippen LogP contribution is -2.54. The molecule has 77 heavy (non-hydrogen) atoms. The van der Waals surface area contributed by atoms with Crippen LogP contribution in [0.5, 0.6) is 5.75 Å². The molecule has 3 saturated heterocycles. The minimum Gasteiger partial charge on any atom is -0.491 e. The predicted octanol–water partition coefficient (Wildman–Crippen LogP) is 9.30. The van der Waals surface area contributed by atoms with Crippen molar-refractivity contribution in [3.05, 3.63) is 207 Å². The first kappa shape index (κ1) is 50.5. The normalized spacial score (nSPS) is 22.7. The van der Waals surface area contributed by atoms with Crippen LogP contribution in [0.4, 0.5) is 27.5 Å². The third-order valence-corrected chi connectivity index (χ3v) is 15.2. The second-order valence-corrected chi connectivity index (χ2v) is 19.6. The van der Waals surface area contributed by atoms with E-state index in [2.05, 4.69) is 28.1 Å². The second kappa shape index (κ2) is 21.9. The van der Waals surface area contributed by atoms with Gasteiger partial charge >= 0.3 is 12.1 Å². The highest BCUT2D eigenvalue weighted by molar-refractivity contribution is 6.24. The third kappa shape index (κ3) is 9.69. The number of allylic oxidation sites excluding steroid dienone is 2. The summed E-state index contributed by atoms with van der Waals surface area (Å²) >= 11 is 0. The number of nitro groups is 1. The molecule has 6 aromatic carbocycles. The minimum absolute atomic E-state index is 0.0147. The second-order valence-electron chi connectivity index (χ2n) is 19.6. The highest BCUT2D eigenvalue weighted by Crippen LogP contribution is 2.66. The van der Waals surface area contributed by atoms with Crippen LogP contribution in [0.15, 0.2) is 163 Å². The standard InChI is InChI=1S/C61H55N5O11/c67-34-37-75-49-29-21-45(22-30-49)56-61(50-38-41(17-16-40-10-4-1-5-11-40)20-31-51(50)64(59(61)70)60(71)76-39-42-18-25-48(26-19-42)66(72)73)52(57(68)62-46-23-27-47(28-24-46)63-32-35-74-36-33-63)54-58(69)77-55(44-14-8-3-9-15-44)53(65(54)56)43-12-6-2-7-13-43/h2-3,6-10,12-15,18-31,38,52-56,67H,1,4-5,11,32-37,39H2,(H,62,68)/t52-,53-,54-,55+,56+,61-/m0/s1. The fourth-order valence-electron chi connectivity index (χ4n) is 11.7. The summed E-state index contributed by atoms with van der Waals surface area (Å²) in [5.74, 6) is 3.22. The molecule has 3 amide bonds. The van der Waals surface area contributed by atoms with Gasteiger partial charge in [0.2, 0.25) is 11.8 Å². The van der Waals surface area contributed by atoms with Crippen LogP contribution in [0, 0.1) is 27.9 Å². The van der Waals surface area contributed by atoms with Crippen molar-refractivity contribution in [2.75, 3.05) is 54.6 Å². The third-order valence-electron chi connectivity index (χ3n) is 15.2. The van der Waals surface area contributed by atoms with E-state index in [1.54, 1.807) is 54.6 Å². The van der Waals surface area contributed by atoms with E-state index in [-0.39, 0.29) is 36.8 Å². The number of nitrogens with one attached hydrogen (secondary N) is 1. The molecule has 0 bridgehead atoms. The van der Waals surface area contributed by atoms with E-state index in [9.17, 15) is 15.2 Å². The minimum atomic E-state index is -2.11. The van der Waals surface area contributed by atoms with E-state index in [0.717, 1.165) is 47.4 Å². The van der Waals surface area contributed by atoms with Gasteiger partial charge in [-0.15, -0.1) is 0 Å². The Kier molecular flexibility index (Phi) is 14.4. The van der Waals surface area contributed by atoms with Crippen LogP contribution >= 0.6 is 0 Å². The maximum atomic E-state index is 16.8. The van der Waals surface area contributed by atoms with Crippen LogP contribution in [-0.4, -0.2) is 84.4 Å². The number of morpholine rings is 2. The number of nitrogens with zero attached hydrogens (tertiary/aromatic N) is 4. The number of ether oxygens (including phenoxy) is 4. The fraction of sp³-hybridized carbons (Fsp3) is 0.279. The Morgan fingerprint density at radius 2 is 1.52 bits per heavy atom. The van der Waals surface area contributed by atoms with Crippen molar-refractivity contribution in [2.45, 2.75) is 61.9 Å². The van der Waals surface area contributed by atoms with E-state index in [1.165, 1.54) is 24.3 Å². The van der Waals surface area contributed by atoms with E-state index in [4.69, 9.17) is 18.9 Å². The average molecular weight is 1030 g/mol. The van der Waals surface area contributed by atoms with E-state index < -0.39 is 64.4 Å². The molecule has 0 aromatic heterocycles. The quantitative estimate of drug-likeness (QED) is 0.0511. The molecule has 0 radical (unpaired) electrons. The van der Waals surface area contributed by atoms with Crippen molar-refractivity contribution in [2.24, 2.45) is 5.92 Å².